The number of nitrogens with zero attached hydrogens (tertiary/aromatic N) is 6. The largest absolute Gasteiger partial charge is 0.453 e. The second-order valence-corrected chi connectivity index (χ2v) is 9.64. The van der Waals surface area contributed by atoms with Crippen LogP contribution in [0.3, 0.4) is 0 Å². The minimum atomic E-state index is -0.294. The summed E-state index contributed by atoms with van der Waals surface area (Å²) in [5, 5.41) is 9.22. The Kier molecular flexibility index (Phi) is 6.40. The Morgan fingerprint density at radius 3 is 2.76 bits per heavy atom. The number of benzene rings is 1. The lowest BCUT2D eigenvalue weighted by Crippen LogP contribution is -2.48. The summed E-state index contributed by atoms with van der Waals surface area (Å²) in [6, 6.07) is 5.77. The molecule has 2 fully saturated rings. The predicted octanol–water partition coefficient (Wildman–Crippen LogP) is 4.33. The molecular formula is C22H24BrClN6O3. The second kappa shape index (κ2) is 9.44. The molecule has 0 atom stereocenters. The SMILES string of the molecule is COC(=O)N1CCN(Cc2cc(Cl)cnc2Oc2ccc3c(nnn3CC3CC3)c2Br)CC1. The molecule has 0 N–H and O–H groups in total. The topological polar surface area (TPSA) is 85.6 Å². The number of rotatable bonds is 6. The summed E-state index contributed by atoms with van der Waals surface area (Å²) in [4.78, 5) is 20.1. The fraction of sp³-hybridized carbons (Fsp3) is 0.455. The summed E-state index contributed by atoms with van der Waals surface area (Å²) in [7, 11) is 1.40. The average Bonchev–Trinajstić information content (AvgIpc) is 3.55. The van der Waals surface area contributed by atoms with Crippen LogP contribution in [0.5, 0.6) is 11.6 Å². The summed E-state index contributed by atoms with van der Waals surface area (Å²) in [5.74, 6) is 1.81. The molecule has 0 spiro atoms. The van der Waals surface area contributed by atoms with Gasteiger partial charge in [-0.25, -0.2) is 14.5 Å². The van der Waals surface area contributed by atoms with Gasteiger partial charge in [0.2, 0.25) is 5.88 Å². The lowest BCUT2D eigenvalue weighted by atomic mass is 10.2. The number of fused-ring (bicyclic) bond motifs is 1. The van der Waals surface area contributed by atoms with Gasteiger partial charge in [-0.05, 0) is 52.9 Å². The van der Waals surface area contributed by atoms with Gasteiger partial charge >= 0.3 is 6.09 Å². The highest BCUT2D eigenvalue weighted by Gasteiger charge is 2.25. The van der Waals surface area contributed by atoms with Gasteiger partial charge in [-0.2, -0.15) is 0 Å². The first-order valence-electron chi connectivity index (χ1n) is 10.9. The Balaban J connectivity index is 1.33. The van der Waals surface area contributed by atoms with E-state index in [1.807, 2.05) is 22.9 Å². The molecule has 0 unspecified atom stereocenters. The van der Waals surface area contributed by atoms with Gasteiger partial charge in [0.15, 0.2) is 0 Å². The molecule has 1 amide bonds. The molecule has 0 radical (unpaired) electrons. The molecular weight excluding hydrogens is 512 g/mol. The van der Waals surface area contributed by atoms with Crippen LogP contribution in [-0.2, 0) is 17.8 Å². The molecule has 1 aliphatic heterocycles. The van der Waals surface area contributed by atoms with Crippen molar-refractivity contribution >= 4 is 44.7 Å². The zero-order valence-electron chi connectivity index (χ0n) is 18.2. The molecule has 1 saturated carbocycles. The quantitative estimate of drug-likeness (QED) is 0.464. The van der Waals surface area contributed by atoms with Crippen molar-refractivity contribution in [2.45, 2.75) is 25.9 Å². The van der Waals surface area contributed by atoms with E-state index in [0.29, 0.717) is 42.2 Å². The second-order valence-electron chi connectivity index (χ2n) is 8.41. The third-order valence-electron chi connectivity index (χ3n) is 6.02. The Hall–Kier alpha value is -2.43. The van der Waals surface area contributed by atoms with E-state index in [1.165, 1.54) is 20.0 Å². The van der Waals surface area contributed by atoms with E-state index in [9.17, 15) is 4.79 Å². The smallest absolute Gasteiger partial charge is 0.409 e. The molecule has 3 aromatic rings. The van der Waals surface area contributed by atoms with Crippen LogP contribution >= 0.6 is 27.5 Å². The number of amides is 1. The first-order valence-corrected chi connectivity index (χ1v) is 12.1. The minimum absolute atomic E-state index is 0.294. The van der Waals surface area contributed by atoms with Crippen LogP contribution in [0.15, 0.2) is 28.9 Å². The molecule has 1 aliphatic carbocycles. The number of pyridine rings is 1. The molecule has 174 valence electrons. The Morgan fingerprint density at radius 2 is 2.03 bits per heavy atom. The summed E-state index contributed by atoms with van der Waals surface area (Å²) in [6.45, 7) is 4.16. The lowest BCUT2D eigenvalue weighted by Gasteiger charge is -2.33. The van der Waals surface area contributed by atoms with E-state index >= 15 is 0 Å². The van der Waals surface area contributed by atoms with E-state index in [2.05, 4.69) is 36.1 Å². The van der Waals surface area contributed by atoms with E-state index < -0.39 is 0 Å². The third-order valence-corrected chi connectivity index (χ3v) is 6.99. The number of halogens is 2. The van der Waals surface area contributed by atoms with E-state index in [-0.39, 0.29) is 6.09 Å². The molecule has 0 bridgehead atoms. The van der Waals surface area contributed by atoms with Crippen LogP contribution in [0.25, 0.3) is 11.0 Å². The van der Waals surface area contributed by atoms with Crippen LogP contribution in [0.4, 0.5) is 4.79 Å². The minimum Gasteiger partial charge on any atom is -0.453 e. The Bertz CT molecular complexity index is 1180. The fourth-order valence-electron chi connectivity index (χ4n) is 3.98. The van der Waals surface area contributed by atoms with Crippen molar-refractivity contribution in [2.24, 2.45) is 5.92 Å². The first kappa shape index (κ1) is 22.4. The summed E-state index contributed by atoms with van der Waals surface area (Å²) in [5.41, 5.74) is 2.62. The van der Waals surface area contributed by atoms with Gasteiger partial charge in [0.05, 0.1) is 22.1 Å². The number of carbonyl (C=O) groups is 1. The van der Waals surface area contributed by atoms with Crippen LogP contribution in [0.1, 0.15) is 18.4 Å². The molecule has 9 nitrogen and oxygen atoms in total. The van der Waals surface area contributed by atoms with Gasteiger partial charge < -0.3 is 14.4 Å². The van der Waals surface area contributed by atoms with Gasteiger partial charge in [0.1, 0.15) is 11.3 Å². The number of hydrogen-bond acceptors (Lipinski definition) is 7. The number of hydrogen-bond donors (Lipinski definition) is 0. The van der Waals surface area contributed by atoms with E-state index in [0.717, 1.165) is 40.7 Å². The predicted molar refractivity (Wildman–Crippen MR) is 127 cm³/mol. The summed E-state index contributed by atoms with van der Waals surface area (Å²) in [6.07, 6.45) is 3.80. The fourth-order valence-corrected chi connectivity index (χ4v) is 4.66. The maximum absolute atomic E-state index is 11.7. The monoisotopic (exact) mass is 534 g/mol. The highest BCUT2D eigenvalue weighted by molar-refractivity contribution is 9.10. The van der Waals surface area contributed by atoms with Crippen molar-refractivity contribution in [3.05, 3.63) is 39.5 Å². The van der Waals surface area contributed by atoms with Crippen LogP contribution in [0.2, 0.25) is 5.02 Å². The van der Waals surface area contributed by atoms with Crippen molar-refractivity contribution in [3.8, 4) is 11.6 Å². The van der Waals surface area contributed by atoms with Crippen LogP contribution in [-0.4, -0.2) is 69.2 Å². The molecule has 1 aromatic carbocycles. The highest BCUT2D eigenvalue weighted by atomic mass is 79.9. The van der Waals surface area contributed by atoms with Crippen molar-refractivity contribution < 1.29 is 14.3 Å². The van der Waals surface area contributed by atoms with Gasteiger partial charge in [0.25, 0.3) is 0 Å². The Morgan fingerprint density at radius 1 is 1.24 bits per heavy atom. The van der Waals surface area contributed by atoms with Crippen LogP contribution in [0, 0.1) is 5.92 Å². The summed E-state index contributed by atoms with van der Waals surface area (Å²) < 4.78 is 13.7. The standard InChI is InChI=1S/C22H24BrClN6O3/c1-32-22(31)29-8-6-28(7-9-29)13-15-10-16(24)11-25-21(15)33-18-5-4-17-20(19(18)23)26-27-30(17)12-14-2-3-14/h4-5,10-11,14H,2-3,6-9,12-13H2,1H3. The maximum atomic E-state index is 11.7. The molecule has 2 aliphatic rings. The highest BCUT2D eigenvalue weighted by Crippen LogP contribution is 2.37. The van der Waals surface area contributed by atoms with Gasteiger partial charge in [0, 0.05) is 51.0 Å². The van der Waals surface area contributed by atoms with Crippen molar-refractivity contribution in [2.75, 3.05) is 33.3 Å². The summed E-state index contributed by atoms with van der Waals surface area (Å²) >= 11 is 9.89. The average molecular weight is 536 g/mol. The zero-order valence-corrected chi connectivity index (χ0v) is 20.5. The zero-order chi connectivity index (χ0) is 22.9. The van der Waals surface area contributed by atoms with Crippen LogP contribution < -0.4 is 4.74 Å². The van der Waals surface area contributed by atoms with Crippen molar-refractivity contribution in [3.63, 3.8) is 0 Å². The number of aromatic nitrogens is 4. The normalized spacial score (nSPS) is 16.9. The van der Waals surface area contributed by atoms with Gasteiger partial charge in [-0.1, -0.05) is 16.8 Å². The van der Waals surface area contributed by atoms with Gasteiger partial charge in [-0.3, -0.25) is 4.90 Å². The van der Waals surface area contributed by atoms with Crippen molar-refractivity contribution in [1.82, 2.24) is 29.8 Å². The molecule has 3 heterocycles. The maximum Gasteiger partial charge on any atom is 0.409 e. The molecule has 2 aromatic heterocycles. The molecule has 33 heavy (non-hydrogen) atoms. The van der Waals surface area contributed by atoms with Gasteiger partial charge in [-0.15, -0.1) is 5.10 Å². The Labute approximate surface area is 204 Å². The number of methoxy groups -OCH3 is 1. The first-order chi connectivity index (χ1) is 16.0. The lowest BCUT2D eigenvalue weighted by molar-refractivity contribution is 0.0886. The third kappa shape index (κ3) is 4.92. The number of ether oxygens (including phenoxy) is 2. The molecule has 5 rings (SSSR count). The molecule has 1 saturated heterocycles. The van der Waals surface area contributed by atoms with E-state index in [4.69, 9.17) is 21.1 Å². The molecule has 11 heteroatoms. The van der Waals surface area contributed by atoms with Crippen molar-refractivity contribution in [1.29, 1.82) is 0 Å². The number of carbonyl (C=O) groups excluding carboxylic acids is 1. The number of piperazine rings is 1. The van der Waals surface area contributed by atoms with E-state index in [1.54, 1.807) is 11.1 Å².